The fourth-order valence-corrected chi connectivity index (χ4v) is 3.27. The topological polar surface area (TPSA) is 76.7 Å². The Morgan fingerprint density at radius 1 is 1.50 bits per heavy atom. The lowest BCUT2D eigenvalue weighted by Gasteiger charge is -2.05. The summed E-state index contributed by atoms with van der Waals surface area (Å²) in [6.07, 6.45) is 2.10. The van der Waals surface area contributed by atoms with E-state index in [2.05, 4.69) is 26.1 Å². The summed E-state index contributed by atoms with van der Waals surface area (Å²) < 4.78 is 2.64. The Balaban J connectivity index is 1.94. The van der Waals surface area contributed by atoms with Crippen LogP contribution in [0.3, 0.4) is 0 Å². The highest BCUT2D eigenvalue weighted by Crippen LogP contribution is 2.39. The Morgan fingerprint density at radius 2 is 2.28 bits per heavy atom. The molecule has 1 saturated carbocycles. The van der Waals surface area contributed by atoms with E-state index in [1.54, 1.807) is 4.57 Å². The quantitative estimate of drug-likeness (QED) is 0.849. The fraction of sp³-hybridized carbons (Fsp3) is 0.273. The van der Waals surface area contributed by atoms with E-state index in [-0.39, 0.29) is 5.69 Å². The number of H-pyrrole nitrogens is 1. The van der Waals surface area contributed by atoms with E-state index in [0.29, 0.717) is 16.9 Å². The van der Waals surface area contributed by atoms with Gasteiger partial charge in [0.25, 0.3) is 0 Å². The Labute approximate surface area is 116 Å². The third kappa shape index (κ3) is 2.20. The molecule has 1 aliphatic carbocycles. The summed E-state index contributed by atoms with van der Waals surface area (Å²) in [5.41, 5.74) is 6.27. The molecule has 1 aromatic heterocycles. The number of benzene rings is 1. The highest BCUT2D eigenvalue weighted by atomic mass is 79.9. The summed E-state index contributed by atoms with van der Waals surface area (Å²) in [6.45, 7) is 0. The van der Waals surface area contributed by atoms with Gasteiger partial charge in [0.1, 0.15) is 0 Å². The number of hydrogen-bond donors (Lipinski definition) is 2. The lowest BCUT2D eigenvalue weighted by molar-refractivity contribution is 0.642. The van der Waals surface area contributed by atoms with Gasteiger partial charge in [0.05, 0.1) is 0 Å². The van der Waals surface area contributed by atoms with Crippen molar-refractivity contribution in [1.29, 1.82) is 0 Å². The number of nitrogens with two attached hydrogens (primary N) is 1. The Bertz CT molecular complexity index is 647. The number of hydrogen-bond acceptors (Lipinski definition) is 4. The molecule has 2 aromatic rings. The normalized spacial score (nSPS) is 14.9. The molecule has 1 fully saturated rings. The fourth-order valence-electron chi connectivity index (χ4n) is 1.72. The molecule has 7 heteroatoms. The summed E-state index contributed by atoms with van der Waals surface area (Å²) in [4.78, 5) is 12.6. The first-order chi connectivity index (χ1) is 8.65. The molecule has 0 radical (unpaired) electrons. The number of nitrogens with one attached hydrogen (secondary N) is 1. The molecule has 0 aliphatic heterocycles. The summed E-state index contributed by atoms with van der Waals surface area (Å²) in [7, 11) is 0. The molecule has 0 bridgehead atoms. The summed E-state index contributed by atoms with van der Waals surface area (Å²) >= 11 is 4.92. The van der Waals surface area contributed by atoms with Crippen molar-refractivity contribution >= 4 is 33.4 Å². The van der Waals surface area contributed by atoms with Gasteiger partial charge < -0.3 is 5.73 Å². The van der Waals surface area contributed by atoms with Crippen molar-refractivity contribution in [2.24, 2.45) is 0 Å². The average Bonchev–Trinajstić information content (AvgIpc) is 3.08. The third-order valence-electron chi connectivity index (χ3n) is 2.74. The van der Waals surface area contributed by atoms with Crippen molar-refractivity contribution in [3.8, 4) is 0 Å². The van der Waals surface area contributed by atoms with E-state index >= 15 is 0 Å². The first-order valence-corrected chi connectivity index (χ1v) is 7.16. The van der Waals surface area contributed by atoms with Crippen LogP contribution in [0.15, 0.2) is 37.5 Å². The van der Waals surface area contributed by atoms with Crippen LogP contribution in [0.4, 0.5) is 5.69 Å². The van der Waals surface area contributed by atoms with Crippen LogP contribution in [0.1, 0.15) is 18.9 Å². The van der Waals surface area contributed by atoms with E-state index < -0.39 is 0 Å². The van der Waals surface area contributed by atoms with Crippen molar-refractivity contribution in [3.63, 3.8) is 0 Å². The average molecular weight is 327 g/mol. The van der Waals surface area contributed by atoms with Gasteiger partial charge in [0.15, 0.2) is 5.16 Å². The van der Waals surface area contributed by atoms with Crippen LogP contribution in [0.2, 0.25) is 0 Å². The van der Waals surface area contributed by atoms with Gasteiger partial charge in [-0.25, -0.2) is 9.89 Å². The van der Waals surface area contributed by atoms with E-state index in [0.717, 1.165) is 22.2 Å². The largest absolute Gasteiger partial charge is 0.399 e. The van der Waals surface area contributed by atoms with Gasteiger partial charge in [-0.1, -0.05) is 0 Å². The molecule has 94 valence electrons. The summed E-state index contributed by atoms with van der Waals surface area (Å²) in [6, 6.07) is 5.90. The zero-order valence-electron chi connectivity index (χ0n) is 9.39. The van der Waals surface area contributed by atoms with E-state index in [1.165, 1.54) is 11.8 Å². The molecule has 0 spiro atoms. The molecule has 3 rings (SSSR count). The van der Waals surface area contributed by atoms with Crippen molar-refractivity contribution in [2.75, 3.05) is 5.73 Å². The Morgan fingerprint density at radius 3 is 2.94 bits per heavy atom. The summed E-state index contributed by atoms with van der Waals surface area (Å²) in [5, 5.41) is 7.28. The highest BCUT2D eigenvalue weighted by molar-refractivity contribution is 9.10. The number of anilines is 1. The maximum atomic E-state index is 11.7. The van der Waals surface area contributed by atoms with Crippen LogP contribution < -0.4 is 11.4 Å². The number of halogens is 1. The van der Waals surface area contributed by atoms with Gasteiger partial charge >= 0.3 is 5.69 Å². The smallest absolute Gasteiger partial charge is 0.344 e. The number of aromatic amines is 1. The monoisotopic (exact) mass is 326 g/mol. The molecule has 3 N–H and O–H groups in total. The van der Waals surface area contributed by atoms with Crippen molar-refractivity contribution in [3.05, 3.63) is 33.2 Å². The maximum absolute atomic E-state index is 11.7. The van der Waals surface area contributed by atoms with Gasteiger partial charge in [-0.2, -0.15) is 0 Å². The lowest BCUT2D eigenvalue weighted by Crippen LogP contribution is -2.15. The molecule has 1 aliphatic rings. The van der Waals surface area contributed by atoms with Crippen LogP contribution in [-0.4, -0.2) is 14.8 Å². The molecule has 0 unspecified atom stereocenters. The lowest BCUT2D eigenvalue weighted by atomic mass is 10.3. The van der Waals surface area contributed by atoms with Gasteiger partial charge in [0.2, 0.25) is 0 Å². The molecule has 18 heavy (non-hydrogen) atoms. The second-order valence-corrected chi connectivity index (χ2v) is 6.07. The minimum absolute atomic E-state index is 0.133. The minimum Gasteiger partial charge on any atom is -0.399 e. The Hall–Kier alpha value is -1.21. The highest BCUT2D eigenvalue weighted by Gasteiger charge is 2.28. The van der Waals surface area contributed by atoms with Crippen LogP contribution in [0.25, 0.3) is 0 Å². The van der Waals surface area contributed by atoms with Crippen molar-refractivity contribution < 1.29 is 0 Å². The zero-order valence-corrected chi connectivity index (χ0v) is 11.8. The van der Waals surface area contributed by atoms with Gasteiger partial charge in [-0.3, -0.25) is 4.57 Å². The molecule has 0 saturated heterocycles. The zero-order chi connectivity index (χ0) is 12.7. The van der Waals surface area contributed by atoms with Gasteiger partial charge in [-0.05, 0) is 58.7 Å². The predicted molar refractivity (Wildman–Crippen MR) is 73.8 cm³/mol. The minimum atomic E-state index is -0.133. The molecule has 1 heterocycles. The number of rotatable bonds is 3. The first-order valence-electron chi connectivity index (χ1n) is 5.55. The van der Waals surface area contributed by atoms with Crippen LogP contribution in [0, 0.1) is 0 Å². The van der Waals surface area contributed by atoms with Crippen LogP contribution >= 0.6 is 27.7 Å². The SMILES string of the molecule is Nc1ccc(Sc2n[nH]c(=O)n2C2CC2)c(Br)c1. The second kappa shape index (κ2) is 4.47. The first kappa shape index (κ1) is 11.9. The number of nitrogens with zero attached hydrogens (tertiary/aromatic N) is 2. The van der Waals surface area contributed by atoms with E-state index in [1.807, 2.05) is 18.2 Å². The molecular formula is C11H11BrN4OS. The van der Waals surface area contributed by atoms with E-state index in [9.17, 15) is 4.79 Å². The maximum Gasteiger partial charge on any atom is 0.344 e. The standard InChI is InChI=1S/C11H11BrN4OS/c12-8-5-6(13)1-4-9(8)18-11-15-14-10(17)16(11)7-2-3-7/h1,4-5,7H,2-3,13H2,(H,14,17). The van der Waals surface area contributed by atoms with Crippen molar-refractivity contribution in [1.82, 2.24) is 14.8 Å². The molecule has 0 amide bonds. The number of aromatic nitrogens is 3. The molecule has 5 nitrogen and oxygen atoms in total. The Kier molecular flexibility index (Phi) is 2.95. The van der Waals surface area contributed by atoms with Crippen molar-refractivity contribution in [2.45, 2.75) is 28.9 Å². The predicted octanol–water partition coefficient (Wildman–Crippen LogP) is 2.40. The van der Waals surface area contributed by atoms with E-state index in [4.69, 9.17) is 5.73 Å². The van der Waals surface area contributed by atoms with Crippen LogP contribution in [0.5, 0.6) is 0 Å². The molecule has 0 atom stereocenters. The second-order valence-electron chi connectivity index (χ2n) is 4.20. The van der Waals surface area contributed by atoms with Gasteiger partial charge in [0, 0.05) is 21.1 Å². The van der Waals surface area contributed by atoms with Gasteiger partial charge in [-0.15, -0.1) is 5.10 Å². The third-order valence-corrected chi connectivity index (χ3v) is 4.71. The number of nitrogen functional groups attached to an aromatic ring is 1. The van der Waals surface area contributed by atoms with Crippen LogP contribution in [-0.2, 0) is 0 Å². The molecular weight excluding hydrogens is 316 g/mol. The molecule has 1 aromatic carbocycles. The summed E-state index contributed by atoms with van der Waals surface area (Å²) in [5.74, 6) is 0.